The number of hydrogen-bond acceptors (Lipinski definition) is 6. The van der Waals surface area contributed by atoms with E-state index < -0.39 is 5.91 Å². The van der Waals surface area contributed by atoms with Crippen molar-refractivity contribution in [1.82, 2.24) is 4.98 Å². The standard InChI is InChI=1S/C22H19N3O4/c1-27-15-10-19(28-2)16-12-21(29-20(16)11-15)22(26)25-18-9-14(3-4-17(18)23)13-5-7-24-8-6-13/h3-12H,23H2,1-2H3,(H,25,26). The van der Waals surface area contributed by atoms with Crippen molar-refractivity contribution in [1.29, 1.82) is 0 Å². The van der Waals surface area contributed by atoms with Crippen LogP contribution < -0.4 is 20.5 Å². The zero-order valence-corrected chi connectivity index (χ0v) is 15.9. The summed E-state index contributed by atoms with van der Waals surface area (Å²) in [5, 5.41) is 3.50. The zero-order valence-electron chi connectivity index (χ0n) is 15.9. The molecule has 3 N–H and O–H groups in total. The molecule has 0 saturated heterocycles. The SMILES string of the molecule is COc1cc(OC)c2cc(C(=O)Nc3cc(-c4ccncc4)ccc3N)oc2c1. The number of pyridine rings is 1. The fraction of sp³-hybridized carbons (Fsp3) is 0.0909. The van der Waals surface area contributed by atoms with Crippen molar-refractivity contribution in [3.8, 4) is 22.6 Å². The van der Waals surface area contributed by atoms with Crippen LogP contribution >= 0.6 is 0 Å². The quantitative estimate of drug-likeness (QED) is 0.492. The van der Waals surface area contributed by atoms with E-state index in [2.05, 4.69) is 10.3 Å². The Hall–Kier alpha value is -4.00. The van der Waals surface area contributed by atoms with Gasteiger partial charge in [-0.25, -0.2) is 0 Å². The molecule has 4 rings (SSSR count). The molecule has 0 saturated carbocycles. The molecule has 0 unspecified atom stereocenters. The molecule has 0 bridgehead atoms. The number of hydrogen-bond donors (Lipinski definition) is 2. The van der Waals surface area contributed by atoms with Crippen molar-refractivity contribution < 1.29 is 18.7 Å². The number of anilines is 2. The summed E-state index contributed by atoms with van der Waals surface area (Å²) in [5.41, 5.74) is 9.37. The van der Waals surface area contributed by atoms with E-state index in [9.17, 15) is 4.79 Å². The Morgan fingerprint density at radius 2 is 1.79 bits per heavy atom. The first-order chi connectivity index (χ1) is 14.1. The number of furan rings is 1. The van der Waals surface area contributed by atoms with Gasteiger partial charge in [0.05, 0.1) is 31.0 Å². The Kier molecular flexibility index (Phi) is 4.78. The minimum absolute atomic E-state index is 0.139. The molecule has 0 aliphatic heterocycles. The van der Waals surface area contributed by atoms with Gasteiger partial charge in [-0.1, -0.05) is 6.07 Å². The largest absolute Gasteiger partial charge is 0.496 e. The number of nitrogens with two attached hydrogens (primary N) is 1. The van der Waals surface area contributed by atoms with E-state index in [1.54, 1.807) is 50.9 Å². The van der Waals surface area contributed by atoms with Gasteiger partial charge in [-0.3, -0.25) is 9.78 Å². The molecule has 146 valence electrons. The molecule has 0 atom stereocenters. The monoisotopic (exact) mass is 389 g/mol. The first-order valence-electron chi connectivity index (χ1n) is 8.86. The maximum absolute atomic E-state index is 12.8. The topological polar surface area (TPSA) is 99.6 Å². The van der Waals surface area contributed by atoms with Crippen molar-refractivity contribution in [2.45, 2.75) is 0 Å². The number of fused-ring (bicyclic) bond motifs is 1. The number of carbonyl (C=O) groups excluding carboxylic acids is 1. The molecule has 0 aliphatic carbocycles. The molecule has 2 aromatic heterocycles. The maximum atomic E-state index is 12.8. The molecule has 29 heavy (non-hydrogen) atoms. The summed E-state index contributed by atoms with van der Waals surface area (Å²) in [6.45, 7) is 0. The number of ether oxygens (including phenoxy) is 2. The number of carbonyl (C=O) groups is 1. The third-order valence-electron chi connectivity index (χ3n) is 4.57. The van der Waals surface area contributed by atoms with Crippen LogP contribution in [0.2, 0.25) is 0 Å². The lowest BCUT2D eigenvalue weighted by atomic mass is 10.1. The van der Waals surface area contributed by atoms with Crippen LogP contribution in [0.4, 0.5) is 11.4 Å². The number of rotatable bonds is 5. The van der Waals surface area contributed by atoms with Gasteiger partial charge < -0.3 is 24.9 Å². The molecule has 7 nitrogen and oxygen atoms in total. The molecule has 2 aromatic carbocycles. The Balaban J connectivity index is 1.66. The van der Waals surface area contributed by atoms with Crippen LogP contribution in [0.1, 0.15) is 10.6 Å². The lowest BCUT2D eigenvalue weighted by Gasteiger charge is -2.09. The van der Waals surface area contributed by atoms with Crippen LogP contribution in [0.5, 0.6) is 11.5 Å². The average molecular weight is 389 g/mol. The fourth-order valence-corrected chi connectivity index (χ4v) is 3.05. The predicted octanol–water partition coefficient (Wildman–Crippen LogP) is 4.35. The highest BCUT2D eigenvalue weighted by Crippen LogP contribution is 2.34. The highest BCUT2D eigenvalue weighted by atomic mass is 16.5. The molecule has 0 fully saturated rings. The van der Waals surface area contributed by atoms with Crippen LogP contribution in [0.15, 0.2) is 65.3 Å². The number of nitrogen functional groups attached to an aromatic ring is 1. The minimum atomic E-state index is -0.416. The van der Waals surface area contributed by atoms with Crippen molar-refractivity contribution in [3.05, 3.63) is 66.7 Å². The summed E-state index contributed by atoms with van der Waals surface area (Å²) in [5.74, 6) is 0.854. The first kappa shape index (κ1) is 18.4. The van der Waals surface area contributed by atoms with Gasteiger partial charge in [-0.2, -0.15) is 0 Å². The highest BCUT2D eigenvalue weighted by Gasteiger charge is 2.17. The summed E-state index contributed by atoms with van der Waals surface area (Å²) in [6.07, 6.45) is 3.42. The van der Waals surface area contributed by atoms with Gasteiger partial charge in [-0.05, 0) is 35.4 Å². The third-order valence-corrected chi connectivity index (χ3v) is 4.57. The maximum Gasteiger partial charge on any atom is 0.291 e. The van der Waals surface area contributed by atoms with Crippen molar-refractivity contribution in [2.75, 3.05) is 25.3 Å². The van der Waals surface area contributed by atoms with Crippen LogP contribution in [0.25, 0.3) is 22.1 Å². The molecular formula is C22H19N3O4. The van der Waals surface area contributed by atoms with E-state index >= 15 is 0 Å². The van der Waals surface area contributed by atoms with Crippen molar-refractivity contribution in [3.63, 3.8) is 0 Å². The van der Waals surface area contributed by atoms with Gasteiger partial charge in [-0.15, -0.1) is 0 Å². The molecular weight excluding hydrogens is 370 g/mol. The average Bonchev–Trinajstić information content (AvgIpc) is 3.19. The van der Waals surface area contributed by atoms with Crippen LogP contribution in [-0.4, -0.2) is 25.1 Å². The summed E-state index contributed by atoms with van der Waals surface area (Å²) in [7, 11) is 3.10. The molecule has 4 aromatic rings. The van der Waals surface area contributed by atoms with Gasteiger partial charge in [0.2, 0.25) is 0 Å². The van der Waals surface area contributed by atoms with E-state index in [1.165, 1.54) is 0 Å². The molecule has 0 spiro atoms. The third kappa shape index (κ3) is 3.58. The Morgan fingerprint density at radius 3 is 2.52 bits per heavy atom. The second-order valence-corrected chi connectivity index (χ2v) is 6.34. The van der Waals surface area contributed by atoms with Crippen LogP contribution in [0.3, 0.4) is 0 Å². The Bertz CT molecular complexity index is 1190. The van der Waals surface area contributed by atoms with Crippen molar-refractivity contribution in [2.24, 2.45) is 0 Å². The van der Waals surface area contributed by atoms with Gasteiger partial charge in [0.15, 0.2) is 5.76 Å². The number of aromatic nitrogens is 1. The summed E-state index contributed by atoms with van der Waals surface area (Å²) in [6, 6.07) is 14.3. The first-order valence-corrected chi connectivity index (χ1v) is 8.86. The van der Waals surface area contributed by atoms with E-state index in [0.29, 0.717) is 33.8 Å². The van der Waals surface area contributed by atoms with E-state index in [1.807, 2.05) is 24.3 Å². The number of methoxy groups -OCH3 is 2. The van der Waals surface area contributed by atoms with Gasteiger partial charge in [0.25, 0.3) is 5.91 Å². The summed E-state index contributed by atoms with van der Waals surface area (Å²) < 4.78 is 16.3. The van der Waals surface area contributed by atoms with Crippen LogP contribution in [0, 0.1) is 0 Å². The lowest BCUT2D eigenvalue weighted by molar-refractivity contribution is 0.0998. The number of nitrogens with one attached hydrogen (secondary N) is 1. The van der Waals surface area contributed by atoms with Gasteiger partial charge >= 0.3 is 0 Å². The number of nitrogens with zero attached hydrogens (tertiary/aromatic N) is 1. The molecule has 1 amide bonds. The second kappa shape index (κ2) is 7.55. The second-order valence-electron chi connectivity index (χ2n) is 6.34. The number of benzene rings is 2. The Labute approximate surface area is 167 Å². The molecule has 7 heteroatoms. The fourth-order valence-electron chi connectivity index (χ4n) is 3.05. The van der Waals surface area contributed by atoms with Gasteiger partial charge in [0, 0.05) is 30.6 Å². The van der Waals surface area contributed by atoms with Gasteiger partial charge in [0.1, 0.15) is 17.1 Å². The summed E-state index contributed by atoms with van der Waals surface area (Å²) >= 11 is 0. The number of amides is 1. The normalized spacial score (nSPS) is 10.7. The highest BCUT2D eigenvalue weighted by molar-refractivity contribution is 6.07. The smallest absolute Gasteiger partial charge is 0.291 e. The zero-order chi connectivity index (χ0) is 20.4. The summed E-state index contributed by atoms with van der Waals surface area (Å²) in [4.78, 5) is 16.8. The minimum Gasteiger partial charge on any atom is -0.496 e. The van der Waals surface area contributed by atoms with E-state index in [-0.39, 0.29) is 5.76 Å². The van der Waals surface area contributed by atoms with E-state index in [0.717, 1.165) is 11.1 Å². The van der Waals surface area contributed by atoms with Crippen molar-refractivity contribution >= 4 is 28.3 Å². The van der Waals surface area contributed by atoms with Crippen LogP contribution in [-0.2, 0) is 0 Å². The molecule has 2 heterocycles. The molecule has 0 radical (unpaired) electrons. The predicted molar refractivity (Wildman–Crippen MR) is 111 cm³/mol. The lowest BCUT2D eigenvalue weighted by Crippen LogP contribution is -2.12. The van der Waals surface area contributed by atoms with E-state index in [4.69, 9.17) is 19.6 Å². The Morgan fingerprint density at radius 1 is 1.00 bits per heavy atom. The molecule has 0 aliphatic rings.